The zero-order valence-corrected chi connectivity index (χ0v) is 15.2. The van der Waals surface area contributed by atoms with Crippen LogP contribution < -0.4 is 10.0 Å². The SMILES string of the molecule is CNS(=O)(=O)c1ccc(CNC(=O)Cc2ccc(Cl)c(Cl)c2)s1. The fourth-order valence-corrected chi connectivity index (χ4v) is 4.24. The van der Waals surface area contributed by atoms with Gasteiger partial charge in [-0.25, -0.2) is 13.1 Å². The molecule has 0 aliphatic carbocycles. The van der Waals surface area contributed by atoms with E-state index in [1.165, 1.54) is 13.1 Å². The maximum atomic E-state index is 11.9. The molecule has 124 valence electrons. The summed E-state index contributed by atoms with van der Waals surface area (Å²) in [5, 5.41) is 3.58. The van der Waals surface area contributed by atoms with Crippen molar-refractivity contribution in [1.82, 2.24) is 10.0 Å². The topological polar surface area (TPSA) is 75.3 Å². The van der Waals surface area contributed by atoms with E-state index in [0.717, 1.165) is 21.8 Å². The predicted molar refractivity (Wildman–Crippen MR) is 92.6 cm³/mol. The summed E-state index contributed by atoms with van der Waals surface area (Å²) >= 11 is 12.8. The van der Waals surface area contributed by atoms with Gasteiger partial charge in [-0.3, -0.25) is 4.79 Å². The third-order valence-corrected chi connectivity index (χ3v) is 6.71. The second-order valence-corrected chi connectivity index (χ2v) is 8.73. The van der Waals surface area contributed by atoms with Crippen LogP contribution in [0.3, 0.4) is 0 Å². The number of halogens is 2. The van der Waals surface area contributed by atoms with Gasteiger partial charge in [-0.2, -0.15) is 0 Å². The summed E-state index contributed by atoms with van der Waals surface area (Å²) in [6.07, 6.45) is 0.171. The molecular weight excluding hydrogens is 379 g/mol. The van der Waals surface area contributed by atoms with Crippen molar-refractivity contribution in [3.8, 4) is 0 Å². The molecule has 1 heterocycles. The molecular formula is C14H14Cl2N2O3S2. The maximum Gasteiger partial charge on any atom is 0.249 e. The molecule has 2 N–H and O–H groups in total. The van der Waals surface area contributed by atoms with Gasteiger partial charge in [-0.05, 0) is 36.9 Å². The number of nitrogens with one attached hydrogen (secondary N) is 2. The van der Waals surface area contributed by atoms with Gasteiger partial charge >= 0.3 is 0 Å². The van der Waals surface area contributed by atoms with E-state index in [4.69, 9.17) is 23.2 Å². The van der Waals surface area contributed by atoms with Gasteiger partial charge < -0.3 is 5.32 Å². The van der Waals surface area contributed by atoms with Gasteiger partial charge in [0.15, 0.2) is 0 Å². The van der Waals surface area contributed by atoms with Crippen LogP contribution in [0.5, 0.6) is 0 Å². The van der Waals surface area contributed by atoms with Gasteiger partial charge in [0.25, 0.3) is 0 Å². The van der Waals surface area contributed by atoms with Crippen molar-refractivity contribution in [3.63, 3.8) is 0 Å². The molecule has 0 saturated carbocycles. The molecule has 0 spiro atoms. The molecule has 1 amide bonds. The molecule has 9 heteroatoms. The average Bonchev–Trinajstić information content (AvgIpc) is 2.99. The van der Waals surface area contributed by atoms with E-state index in [1.807, 2.05) is 0 Å². The van der Waals surface area contributed by atoms with Crippen LogP contribution in [0.4, 0.5) is 0 Å². The standard InChI is InChI=1S/C14H14Cl2N2O3S2/c1-17-23(20,21)14-5-3-10(22-14)8-18-13(19)7-9-2-4-11(15)12(16)6-9/h2-6,17H,7-8H2,1H3,(H,18,19). The number of amides is 1. The highest BCUT2D eigenvalue weighted by Crippen LogP contribution is 2.23. The van der Waals surface area contributed by atoms with Gasteiger partial charge in [-0.1, -0.05) is 29.3 Å². The first-order valence-corrected chi connectivity index (χ1v) is 9.60. The van der Waals surface area contributed by atoms with Crippen molar-refractivity contribution < 1.29 is 13.2 Å². The fraction of sp³-hybridized carbons (Fsp3) is 0.214. The number of thiophene rings is 1. The maximum absolute atomic E-state index is 11.9. The summed E-state index contributed by atoms with van der Waals surface area (Å²) in [6, 6.07) is 8.20. The Labute approximate surface area is 148 Å². The Morgan fingerprint density at radius 2 is 1.91 bits per heavy atom. The normalized spacial score (nSPS) is 11.4. The Morgan fingerprint density at radius 3 is 2.57 bits per heavy atom. The Bertz CT molecular complexity index is 819. The molecule has 0 saturated heterocycles. The Balaban J connectivity index is 1.93. The molecule has 0 atom stereocenters. The lowest BCUT2D eigenvalue weighted by Gasteiger charge is -2.05. The molecule has 0 aliphatic heterocycles. The fourth-order valence-electron chi connectivity index (χ4n) is 1.78. The summed E-state index contributed by atoms with van der Waals surface area (Å²) in [5.74, 6) is -0.185. The highest BCUT2D eigenvalue weighted by Gasteiger charge is 2.14. The quantitative estimate of drug-likeness (QED) is 0.793. The molecule has 0 aliphatic rings. The van der Waals surface area contributed by atoms with Crippen LogP contribution in [0.25, 0.3) is 0 Å². The van der Waals surface area contributed by atoms with Crippen molar-refractivity contribution in [2.24, 2.45) is 0 Å². The van der Waals surface area contributed by atoms with E-state index in [1.54, 1.807) is 24.3 Å². The van der Waals surface area contributed by atoms with E-state index in [0.29, 0.717) is 10.0 Å². The molecule has 1 aromatic carbocycles. The van der Waals surface area contributed by atoms with Crippen molar-refractivity contribution in [1.29, 1.82) is 0 Å². The van der Waals surface area contributed by atoms with Crippen LogP contribution in [0.15, 0.2) is 34.5 Å². The number of carbonyl (C=O) groups excluding carboxylic acids is 1. The van der Waals surface area contributed by atoms with Gasteiger partial charge in [0.2, 0.25) is 15.9 Å². The molecule has 23 heavy (non-hydrogen) atoms. The van der Waals surface area contributed by atoms with E-state index in [2.05, 4.69) is 10.0 Å². The highest BCUT2D eigenvalue weighted by atomic mass is 35.5. The monoisotopic (exact) mass is 392 g/mol. The summed E-state index contributed by atoms with van der Waals surface area (Å²) < 4.78 is 25.8. The van der Waals surface area contributed by atoms with Crippen LogP contribution in [0, 0.1) is 0 Å². The first kappa shape index (κ1) is 18.2. The Hall–Kier alpha value is -1.12. The van der Waals surface area contributed by atoms with Gasteiger partial charge in [0.1, 0.15) is 4.21 Å². The van der Waals surface area contributed by atoms with Crippen molar-refractivity contribution in [2.75, 3.05) is 7.05 Å². The third kappa shape index (κ3) is 4.92. The first-order valence-electron chi connectivity index (χ1n) is 6.54. The first-order chi connectivity index (χ1) is 10.8. The Kier molecular flexibility index (Phi) is 6.05. The minimum absolute atomic E-state index is 0.171. The van der Waals surface area contributed by atoms with E-state index >= 15 is 0 Å². The predicted octanol–water partition coefficient (Wildman–Crippen LogP) is 2.82. The van der Waals surface area contributed by atoms with E-state index < -0.39 is 10.0 Å². The van der Waals surface area contributed by atoms with Crippen LogP contribution in [0.2, 0.25) is 10.0 Å². The van der Waals surface area contributed by atoms with Crippen molar-refractivity contribution in [2.45, 2.75) is 17.2 Å². The van der Waals surface area contributed by atoms with E-state index in [-0.39, 0.29) is 23.1 Å². The van der Waals surface area contributed by atoms with Crippen molar-refractivity contribution >= 4 is 50.5 Å². The number of carbonyl (C=O) groups is 1. The summed E-state index contributed by atoms with van der Waals surface area (Å²) in [5.41, 5.74) is 0.751. The van der Waals surface area contributed by atoms with Gasteiger partial charge in [0, 0.05) is 4.88 Å². The number of sulfonamides is 1. The van der Waals surface area contributed by atoms with Crippen LogP contribution >= 0.6 is 34.5 Å². The molecule has 2 rings (SSSR count). The van der Waals surface area contributed by atoms with Crippen LogP contribution in [0.1, 0.15) is 10.4 Å². The lowest BCUT2D eigenvalue weighted by molar-refractivity contribution is -0.120. The lowest BCUT2D eigenvalue weighted by Crippen LogP contribution is -2.24. The minimum atomic E-state index is -3.44. The largest absolute Gasteiger partial charge is 0.351 e. The van der Waals surface area contributed by atoms with Crippen LogP contribution in [-0.4, -0.2) is 21.4 Å². The highest BCUT2D eigenvalue weighted by molar-refractivity contribution is 7.91. The zero-order chi connectivity index (χ0) is 17.0. The molecule has 1 aromatic heterocycles. The second kappa shape index (κ2) is 7.63. The number of hydrogen-bond acceptors (Lipinski definition) is 4. The lowest BCUT2D eigenvalue weighted by atomic mass is 10.1. The van der Waals surface area contributed by atoms with E-state index in [9.17, 15) is 13.2 Å². The van der Waals surface area contributed by atoms with Gasteiger partial charge in [-0.15, -0.1) is 11.3 Å². The molecule has 5 nitrogen and oxygen atoms in total. The van der Waals surface area contributed by atoms with Crippen molar-refractivity contribution in [3.05, 3.63) is 50.8 Å². The summed E-state index contributed by atoms with van der Waals surface area (Å²) in [7, 11) is -2.09. The van der Waals surface area contributed by atoms with Gasteiger partial charge in [0.05, 0.1) is 23.0 Å². The molecule has 0 bridgehead atoms. The zero-order valence-electron chi connectivity index (χ0n) is 12.1. The Morgan fingerprint density at radius 1 is 1.17 bits per heavy atom. The molecule has 0 fully saturated rings. The average molecular weight is 393 g/mol. The number of hydrogen-bond donors (Lipinski definition) is 2. The smallest absolute Gasteiger partial charge is 0.249 e. The number of benzene rings is 1. The number of rotatable bonds is 6. The summed E-state index contributed by atoms with van der Waals surface area (Å²) in [6.45, 7) is 0.268. The van der Waals surface area contributed by atoms with Crippen LogP contribution in [-0.2, 0) is 27.8 Å². The molecule has 2 aromatic rings. The minimum Gasteiger partial charge on any atom is -0.351 e. The second-order valence-electron chi connectivity index (χ2n) is 4.63. The summed E-state index contributed by atoms with van der Waals surface area (Å²) in [4.78, 5) is 12.7. The molecule has 0 radical (unpaired) electrons. The molecule has 0 unspecified atom stereocenters. The third-order valence-electron chi connectivity index (χ3n) is 2.98.